The minimum atomic E-state index is 0.235. The van der Waals surface area contributed by atoms with Crippen molar-refractivity contribution in [1.29, 1.82) is 0 Å². The fourth-order valence-electron chi connectivity index (χ4n) is 1.85. The van der Waals surface area contributed by atoms with E-state index in [1.165, 1.54) is 0 Å². The Morgan fingerprint density at radius 1 is 1.58 bits per heavy atom. The fourth-order valence-corrected chi connectivity index (χ4v) is 1.85. The van der Waals surface area contributed by atoms with Crippen LogP contribution in [0.3, 0.4) is 0 Å². The van der Waals surface area contributed by atoms with Crippen molar-refractivity contribution in [2.45, 2.75) is 25.8 Å². The van der Waals surface area contributed by atoms with Crippen LogP contribution in [0, 0.1) is 5.41 Å². The zero-order chi connectivity index (χ0) is 8.93. The first-order valence-corrected chi connectivity index (χ1v) is 4.28. The first-order valence-electron chi connectivity index (χ1n) is 4.28. The van der Waals surface area contributed by atoms with Gasteiger partial charge in [0.2, 0.25) is 0 Å². The molecule has 1 aliphatic rings. The van der Waals surface area contributed by atoms with Crippen molar-refractivity contribution in [3.8, 4) is 0 Å². The van der Waals surface area contributed by atoms with Gasteiger partial charge in [-0.15, -0.1) is 0 Å². The second kappa shape index (κ2) is 2.10. The first kappa shape index (κ1) is 7.80. The number of hydrogen-bond acceptors (Lipinski definition) is 2. The molecule has 0 aromatic carbocycles. The average molecular weight is 165 g/mol. The molecule has 1 saturated carbocycles. The summed E-state index contributed by atoms with van der Waals surface area (Å²) >= 11 is 0. The van der Waals surface area contributed by atoms with E-state index >= 15 is 0 Å². The monoisotopic (exact) mass is 165 g/mol. The molecule has 66 valence electrons. The largest absolute Gasteiger partial charge is 0.338 e. The number of hydrogen-bond donors (Lipinski definition) is 1. The number of imidazole rings is 1. The summed E-state index contributed by atoms with van der Waals surface area (Å²) < 4.78 is 2.05. The molecule has 12 heavy (non-hydrogen) atoms. The van der Waals surface area contributed by atoms with Crippen LogP contribution in [-0.2, 0) is 7.05 Å². The Morgan fingerprint density at radius 3 is 2.50 bits per heavy atom. The van der Waals surface area contributed by atoms with Crippen LogP contribution in [0.1, 0.15) is 25.6 Å². The molecule has 1 aromatic heterocycles. The summed E-state index contributed by atoms with van der Waals surface area (Å²) in [5.41, 5.74) is 6.19. The molecule has 3 heteroatoms. The number of rotatable bonds is 1. The number of nitrogens with zero attached hydrogens (tertiary/aromatic N) is 2. The van der Waals surface area contributed by atoms with Crippen molar-refractivity contribution in [2.24, 2.45) is 18.2 Å². The molecule has 2 atom stereocenters. The fraction of sp³-hybridized carbons (Fsp3) is 0.667. The highest BCUT2D eigenvalue weighted by atomic mass is 15.1. The predicted octanol–water partition coefficient (Wildman–Crippen LogP) is 0.871. The van der Waals surface area contributed by atoms with Gasteiger partial charge in [0.15, 0.2) is 0 Å². The Labute approximate surface area is 72.6 Å². The van der Waals surface area contributed by atoms with Gasteiger partial charge in [-0.3, -0.25) is 0 Å². The van der Waals surface area contributed by atoms with E-state index in [-0.39, 0.29) is 11.5 Å². The summed E-state index contributed by atoms with van der Waals surface area (Å²) in [4.78, 5) is 4.31. The maximum atomic E-state index is 5.95. The quantitative estimate of drug-likeness (QED) is 0.671. The van der Waals surface area contributed by atoms with E-state index < -0.39 is 0 Å². The molecule has 0 unspecified atom stereocenters. The van der Waals surface area contributed by atoms with Crippen LogP contribution < -0.4 is 5.73 Å². The summed E-state index contributed by atoms with van der Waals surface area (Å²) in [5.74, 6) is 1.56. The van der Waals surface area contributed by atoms with Gasteiger partial charge in [-0.05, 0) is 5.41 Å². The minimum absolute atomic E-state index is 0.235. The van der Waals surface area contributed by atoms with Crippen molar-refractivity contribution in [1.82, 2.24) is 9.55 Å². The second-order valence-electron chi connectivity index (χ2n) is 4.22. The van der Waals surface area contributed by atoms with E-state index in [1.54, 1.807) is 0 Å². The van der Waals surface area contributed by atoms with Crippen LogP contribution in [0.2, 0.25) is 0 Å². The highest BCUT2D eigenvalue weighted by molar-refractivity contribution is 5.25. The van der Waals surface area contributed by atoms with Crippen LogP contribution in [0.15, 0.2) is 12.4 Å². The van der Waals surface area contributed by atoms with E-state index in [2.05, 4.69) is 23.4 Å². The molecule has 0 spiro atoms. The van der Waals surface area contributed by atoms with Gasteiger partial charge in [-0.1, -0.05) is 13.8 Å². The molecule has 0 amide bonds. The highest BCUT2D eigenvalue weighted by Gasteiger charge is 2.58. The van der Waals surface area contributed by atoms with E-state index in [9.17, 15) is 0 Å². The van der Waals surface area contributed by atoms with Crippen LogP contribution in [0.4, 0.5) is 0 Å². The van der Waals surface area contributed by atoms with Gasteiger partial charge < -0.3 is 10.3 Å². The SMILES string of the molecule is Cn1ccnc1[C@@H]1[C@@H](N)C1(C)C. The predicted molar refractivity (Wildman–Crippen MR) is 47.7 cm³/mol. The lowest BCUT2D eigenvalue weighted by molar-refractivity contribution is 0.584. The lowest BCUT2D eigenvalue weighted by Crippen LogP contribution is -2.07. The number of aryl methyl sites for hydroxylation is 1. The molecule has 3 nitrogen and oxygen atoms in total. The lowest BCUT2D eigenvalue weighted by atomic mass is 10.1. The Hall–Kier alpha value is -0.830. The zero-order valence-electron chi connectivity index (χ0n) is 7.78. The molecule has 1 aliphatic carbocycles. The Kier molecular flexibility index (Phi) is 1.37. The third kappa shape index (κ3) is 0.829. The third-order valence-corrected chi connectivity index (χ3v) is 3.05. The van der Waals surface area contributed by atoms with Crippen molar-refractivity contribution in [3.63, 3.8) is 0 Å². The van der Waals surface area contributed by atoms with Gasteiger partial charge in [-0.25, -0.2) is 4.98 Å². The third-order valence-electron chi connectivity index (χ3n) is 3.05. The topological polar surface area (TPSA) is 43.8 Å². The van der Waals surface area contributed by atoms with Gasteiger partial charge in [0, 0.05) is 31.4 Å². The molecule has 2 rings (SSSR count). The second-order valence-corrected chi connectivity index (χ2v) is 4.22. The zero-order valence-corrected chi connectivity index (χ0v) is 7.78. The van der Waals surface area contributed by atoms with E-state index in [4.69, 9.17) is 5.73 Å². The van der Waals surface area contributed by atoms with Gasteiger partial charge in [0.1, 0.15) is 5.82 Å². The summed E-state index contributed by atoms with van der Waals surface area (Å²) in [6.07, 6.45) is 3.80. The van der Waals surface area contributed by atoms with Crippen molar-refractivity contribution < 1.29 is 0 Å². The van der Waals surface area contributed by atoms with Crippen molar-refractivity contribution >= 4 is 0 Å². The molecule has 2 N–H and O–H groups in total. The Balaban J connectivity index is 2.30. The summed E-state index contributed by atoms with van der Waals surface area (Å²) in [7, 11) is 2.02. The van der Waals surface area contributed by atoms with Crippen molar-refractivity contribution in [3.05, 3.63) is 18.2 Å². The van der Waals surface area contributed by atoms with Crippen LogP contribution >= 0.6 is 0 Å². The molecule has 0 bridgehead atoms. The van der Waals surface area contributed by atoms with Gasteiger partial charge >= 0.3 is 0 Å². The first-order chi connectivity index (χ1) is 5.55. The summed E-state index contributed by atoms with van der Waals surface area (Å²) in [6.45, 7) is 4.38. The Morgan fingerprint density at radius 2 is 2.17 bits per heavy atom. The van der Waals surface area contributed by atoms with Crippen LogP contribution in [-0.4, -0.2) is 15.6 Å². The van der Waals surface area contributed by atoms with Crippen LogP contribution in [0.5, 0.6) is 0 Å². The molecule has 1 fully saturated rings. The molecule has 1 aromatic rings. The summed E-state index contributed by atoms with van der Waals surface area (Å²) in [5, 5.41) is 0. The van der Waals surface area contributed by atoms with E-state index in [0.717, 1.165) is 5.82 Å². The molecule has 0 aliphatic heterocycles. The molecular weight excluding hydrogens is 150 g/mol. The number of aromatic nitrogens is 2. The smallest absolute Gasteiger partial charge is 0.113 e. The van der Waals surface area contributed by atoms with Gasteiger partial charge in [0.05, 0.1) is 0 Å². The maximum absolute atomic E-state index is 5.95. The van der Waals surface area contributed by atoms with Crippen molar-refractivity contribution in [2.75, 3.05) is 0 Å². The lowest BCUT2D eigenvalue weighted by Gasteiger charge is -2.01. The maximum Gasteiger partial charge on any atom is 0.113 e. The molecule has 1 heterocycles. The minimum Gasteiger partial charge on any atom is -0.338 e. The molecule has 0 saturated heterocycles. The number of nitrogens with two attached hydrogens (primary N) is 1. The standard InChI is InChI=1S/C9H15N3/c1-9(2)6(7(9)10)8-11-4-5-12(8)3/h4-7H,10H2,1-3H3/t6-,7+/m0/s1. The Bertz CT molecular complexity index is 300. The van der Waals surface area contributed by atoms with Gasteiger partial charge in [0.25, 0.3) is 0 Å². The average Bonchev–Trinajstić information content (AvgIpc) is 2.39. The normalized spacial score (nSPS) is 32.0. The summed E-state index contributed by atoms with van der Waals surface area (Å²) in [6, 6.07) is 0.276. The molecular formula is C9H15N3. The van der Waals surface area contributed by atoms with Crippen LogP contribution in [0.25, 0.3) is 0 Å². The van der Waals surface area contributed by atoms with Gasteiger partial charge in [-0.2, -0.15) is 0 Å². The van der Waals surface area contributed by atoms with E-state index in [1.807, 2.05) is 19.4 Å². The van der Waals surface area contributed by atoms with E-state index in [0.29, 0.717) is 5.92 Å². The molecule has 0 radical (unpaired) electrons. The highest BCUT2D eigenvalue weighted by Crippen LogP contribution is 2.56.